The molecule has 0 aliphatic heterocycles. The smallest absolute Gasteiger partial charge is 0.124 e. The highest BCUT2D eigenvalue weighted by molar-refractivity contribution is 5.44. The SMILES string of the molecule is COCCOc1ccccc1C(N)c1ccc(C)cc1C. The molecular weight excluding hydrogens is 262 g/mol. The van der Waals surface area contributed by atoms with Crippen molar-refractivity contribution in [1.29, 1.82) is 0 Å². The number of hydrogen-bond acceptors (Lipinski definition) is 3. The first-order chi connectivity index (χ1) is 10.1. The Morgan fingerprint density at radius 1 is 1.00 bits per heavy atom. The van der Waals surface area contributed by atoms with Gasteiger partial charge >= 0.3 is 0 Å². The number of hydrogen-bond donors (Lipinski definition) is 1. The Labute approximate surface area is 126 Å². The molecule has 2 N–H and O–H groups in total. The van der Waals surface area contributed by atoms with Crippen LogP contribution >= 0.6 is 0 Å². The van der Waals surface area contributed by atoms with Crippen molar-refractivity contribution in [2.45, 2.75) is 19.9 Å². The molecule has 0 aliphatic rings. The van der Waals surface area contributed by atoms with Crippen molar-refractivity contribution in [1.82, 2.24) is 0 Å². The van der Waals surface area contributed by atoms with Crippen LogP contribution in [-0.4, -0.2) is 20.3 Å². The Kier molecular flexibility index (Phi) is 5.37. The Hall–Kier alpha value is -1.84. The maximum Gasteiger partial charge on any atom is 0.124 e. The fourth-order valence-corrected chi connectivity index (χ4v) is 2.45. The minimum absolute atomic E-state index is 0.190. The molecule has 2 aromatic rings. The summed E-state index contributed by atoms with van der Waals surface area (Å²) in [4.78, 5) is 0. The van der Waals surface area contributed by atoms with Crippen molar-refractivity contribution in [2.75, 3.05) is 20.3 Å². The quantitative estimate of drug-likeness (QED) is 0.828. The van der Waals surface area contributed by atoms with Crippen molar-refractivity contribution in [3.8, 4) is 5.75 Å². The van der Waals surface area contributed by atoms with E-state index in [1.807, 2.05) is 24.3 Å². The lowest BCUT2D eigenvalue weighted by Crippen LogP contribution is -2.15. The van der Waals surface area contributed by atoms with E-state index in [-0.39, 0.29) is 6.04 Å². The summed E-state index contributed by atoms with van der Waals surface area (Å²) < 4.78 is 10.8. The van der Waals surface area contributed by atoms with Gasteiger partial charge in [-0.3, -0.25) is 0 Å². The maximum absolute atomic E-state index is 6.46. The summed E-state index contributed by atoms with van der Waals surface area (Å²) in [5.41, 5.74) is 11.0. The molecule has 3 heteroatoms. The van der Waals surface area contributed by atoms with Crippen molar-refractivity contribution >= 4 is 0 Å². The van der Waals surface area contributed by atoms with Gasteiger partial charge in [0.05, 0.1) is 12.6 Å². The van der Waals surface area contributed by atoms with E-state index in [2.05, 4.69) is 32.0 Å². The minimum Gasteiger partial charge on any atom is -0.491 e. The number of ether oxygens (including phenoxy) is 2. The Morgan fingerprint density at radius 3 is 2.48 bits per heavy atom. The van der Waals surface area contributed by atoms with Crippen LogP contribution in [0.2, 0.25) is 0 Å². The van der Waals surface area contributed by atoms with Gasteiger partial charge in [0.25, 0.3) is 0 Å². The average Bonchev–Trinajstić information content (AvgIpc) is 2.47. The largest absolute Gasteiger partial charge is 0.491 e. The molecule has 1 unspecified atom stereocenters. The molecule has 0 heterocycles. The van der Waals surface area contributed by atoms with Gasteiger partial charge in [-0.05, 0) is 31.0 Å². The van der Waals surface area contributed by atoms with E-state index in [0.717, 1.165) is 16.9 Å². The highest BCUT2D eigenvalue weighted by atomic mass is 16.5. The number of methoxy groups -OCH3 is 1. The van der Waals surface area contributed by atoms with Crippen LogP contribution in [-0.2, 0) is 4.74 Å². The summed E-state index contributed by atoms with van der Waals surface area (Å²) in [6.45, 7) is 5.26. The van der Waals surface area contributed by atoms with Gasteiger partial charge in [-0.2, -0.15) is 0 Å². The molecule has 0 aromatic heterocycles. The summed E-state index contributed by atoms with van der Waals surface area (Å²) in [5.74, 6) is 0.821. The van der Waals surface area contributed by atoms with E-state index >= 15 is 0 Å². The van der Waals surface area contributed by atoms with Gasteiger partial charge in [-0.15, -0.1) is 0 Å². The molecule has 0 spiro atoms. The zero-order valence-electron chi connectivity index (χ0n) is 12.9. The lowest BCUT2D eigenvalue weighted by Gasteiger charge is -2.19. The molecule has 112 valence electrons. The van der Waals surface area contributed by atoms with Crippen molar-refractivity contribution < 1.29 is 9.47 Å². The monoisotopic (exact) mass is 285 g/mol. The Balaban J connectivity index is 2.27. The number of para-hydroxylation sites is 1. The number of benzene rings is 2. The third-order valence-electron chi connectivity index (χ3n) is 3.56. The van der Waals surface area contributed by atoms with E-state index in [1.54, 1.807) is 7.11 Å². The van der Waals surface area contributed by atoms with Crippen molar-refractivity contribution in [3.05, 3.63) is 64.7 Å². The van der Waals surface area contributed by atoms with Gasteiger partial charge in [0.1, 0.15) is 12.4 Å². The van der Waals surface area contributed by atoms with Crippen LogP contribution in [0.4, 0.5) is 0 Å². The zero-order valence-corrected chi connectivity index (χ0v) is 12.9. The van der Waals surface area contributed by atoms with Crippen molar-refractivity contribution in [3.63, 3.8) is 0 Å². The van der Waals surface area contributed by atoms with Crippen LogP contribution in [0, 0.1) is 13.8 Å². The lowest BCUT2D eigenvalue weighted by atomic mass is 9.94. The van der Waals surface area contributed by atoms with E-state index in [9.17, 15) is 0 Å². The molecule has 1 atom stereocenters. The van der Waals surface area contributed by atoms with Crippen molar-refractivity contribution in [2.24, 2.45) is 5.73 Å². The second kappa shape index (κ2) is 7.25. The first kappa shape index (κ1) is 15.5. The first-order valence-electron chi connectivity index (χ1n) is 7.17. The summed E-state index contributed by atoms with van der Waals surface area (Å²) in [5, 5.41) is 0. The number of rotatable bonds is 6. The molecule has 2 aromatic carbocycles. The summed E-state index contributed by atoms with van der Waals surface area (Å²) in [6.07, 6.45) is 0. The maximum atomic E-state index is 6.46. The van der Waals surface area contributed by atoms with Gasteiger partial charge < -0.3 is 15.2 Å². The molecular formula is C18H23NO2. The second-order valence-electron chi connectivity index (χ2n) is 5.22. The third kappa shape index (κ3) is 3.84. The summed E-state index contributed by atoms with van der Waals surface area (Å²) >= 11 is 0. The molecule has 0 aliphatic carbocycles. The predicted molar refractivity (Wildman–Crippen MR) is 85.8 cm³/mol. The van der Waals surface area contributed by atoms with Gasteiger partial charge in [0, 0.05) is 12.7 Å². The van der Waals surface area contributed by atoms with Gasteiger partial charge in [-0.25, -0.2) is 0 Å². The van der Waals surface area contributed by atoms with Gasteiger partial charge in [-0.1, -0.05) is 42.0 Å². The van der Waals surface area contributed by atoms with Crippen LogP contribution in [0.1, 0.15) is 28.3 Å². The van der Waals surface area contributed by atoms with Crippen LogP contribution in [0.25, 0.3) is 0 Å². The number of nitrogens with two attached hydrogens (primary N) is 1. The molecule has 0 amide bonds. The predicted octanol–water partition coefficient (Wildman–Crippen LogP) is 3.38. The summed E-state index contributed by atoms with van der Waals surface area (Å²) in [7, 11) is 1.66. The fourth-order valence-electron chi connectivity index (χ4n) is 2.45. The molecule has 21 heavy (non-hydrogen) atoms. The minimum atomic E-state index is -0.190. The van der Waals surface area contributed by atoms with Crippen LogP contribution in [0.3, 0.4) is 0 Å². The summed E-state index contributed by atoms with van der Waals surface area (Å²) in [6, 6.07) is 14.1. The standard InChI is InChI=1S/C18H23NO2/c1-13-8-9-15(14(2)12-13)18(19)16-6-4-5-7-17(16)21-11-10-20-3/h4-9,12,18H,10-11,19H2,1-3H3. The van der Waals surface area contributed by atoms with E-state index in [0.29, 0.717) is 13.2 Å². The topological polar surface area (TPSA) is 44.5 Å². The van der Waals surface area contributed by atoms with E-state index in [4.69, 9.17) is 15.2 Å². The molecule has 0 saturated heterocycles. The zero-order chi connectivity index (χ0) is 15.2. The van der Waals surface area contributed by atoms with Crippen LogP contribution < -0.4 is 10.5 Å². The molecule has 0 bridgehead atoms. The molecule has 0 saturated carbocycles. The normalized spacial score (nSPS) is 12.2. The highest BCUT2D eigenvalue weighted by Gasteiger charge is 2.15. The number of aryl methyl sites for hydroxylation is 2. The Morgan fingerprint density at radius 2 is 1.76 bits per heavy atom. The molecule has 0 radical (unpaired) electrons. The van der Waals surface area contributed by atoms with Crippen LogP contribution in [0.15, 0.2) is 42.5 Å². The van der Waals surface area contributed by atoms with Crippen LogP contribution in [0.5, 0.6) is 5.75 Å². The molecule has 3 nitrogen and oxygen atoms in total. The van der Waals surface area contributed by atoms with Gasteiger partial charge in [0.15, 0.2) is 0 Å². The lowest BCUT2D eigenvalue weighted by molar-refractivity contribution is 0.145. The first-order valence-corrected chi connectivity index (χ1v) is 7.17. The third-order valence-corrected chi connectivity index (χ3v) is 3.56. The van der Waals surface area contributed by atoms with Gasteiger partial charge in [0.2, 0.25) is 0 Å². The van der Waals surface area contributed by atoms with E-state index < -0.39 is 0 Å². The van der Waals surface area contributed by atoms with E-state index in [1.165, 1.54) is 11.1 Å². The second-order valence-corrected chi connectivity index (χ2v) is 5.22. The molecule has 2 rings (SSSR count). The molecule has 0 fully saturated rings. The fraction of sp³-hybridized carbons (Fsp3) is 0.333. The average molecular weight is 285 g/mol. The highest BCUT2D eigenvalue weighted by Crippen LogP contribution is 2.30. The Bertz CT molecular complexity index is 596.